The molecular formula is C27H29ClO9. The molecule has 2 aromatic carbocycles. The third-order valence-electron chi connectivity index (χ3n) is 5.69. The van der Waals surface area contributed by atoms with Crippen molar-refractivity contribution in [2.75, 3.05) is 0 Å². The molecule has 1 fully saturated rings. The van der Waals surface area contributed by atoms with Crippen LogP contribution in [0.5, 0.6) is 0 Å². The fraction of sp³-hybridized carbons (Fsp3) is 0.407. The van der Waals surface area contributed by atoms with Crippen molar-refractivity contribution in [3.05, 3.63) is 69.7 Å². The Morgan fingerprint density at radius 3 is 1.86 bits per heavy atom. The molecule has 0 aliphatic carbocycles. The summed E-state index contributed by atoms with van der Waals surface area (Å²) < 4.78 is 27.7. The van der Waals surface area contributed by atoms with Gasteiger partial charge in [0, 0.05) is 32.7 Å². The topological polar surface area (TPSA) is 114 Å². The minimum atomic E-state index is -1.43. The lowest BCUT2D eigenvalue weighted by atomic mass is 9.90. The Kier molecular flexibility index (Phi) is 9.29. The van der Waals surface area contributed by atoms with Gasteiger partial charge in [-0.25, -0.2) is 0 Å². The fourth-order valence-corrected chi connectivity index (χ4v) is 4.31. The number of halogens is 1. The highest BCUT2D eigenvalue weighted by Gasteiger charge is 2.53. The SMILES string of the molecule is CC(=O)O[C@H]1O[C@@H](c2ccc(C)c(Cc3ccc(Cl)cc3)c2)[C@H](OC(C)=O)[C@@H](OC(C)=O)[C@@H]1OC(C)=O. The molecule has 1 heterocycles. The van der Waals surface area contributed by atoms with Gasteiger partial charge in [0.1, 0.15) is 6.10 Å². The number of hydrogen-bond acceptors (Lipinski definition) is 9. The Morgan fingerprint density at radius 2 is 1.30 bits per heavy atom. The van der Waals surface area contributed by atoms with Crippen molar-refractivity contribution >= 4 is 35.5 Å². The van der Waals surface area contributed by atoms with Gasteiger partial charge in [0.15, 0.2) is 12.2 Å². The summed E-state index contributed by atoms with van der Waals surface area (Å²) in [5, 5.41) is 0.629. The molecule has 10 heteroatoms. The number of esters is 4. The summed E-state index contributed by atoms with van der Waals surface area (Å²) in [5.74, 6) is -2.82. The molecule has 1 aliphatic heterocycles. The second kappa shape index (κ2) is 12.2. The van der Waals surface area contributed by atoms with Gasteiger partial charge in [-0.2, -0.15) is 0 Å². The molecule has 3 rings (SSSR count). The van der Waals surface area contributed by atoms with E-state index in [1.807, 2.05) is 31.2 Å². The van der Waals surface area contributed by atoms with E-state index in [-0.39, 0.29) is 0 Å². The Morgan fingerprint density at radius 1 is 0.757 bits per heavy atom. The predicted molar refractivity (Wildman–Crippen MR) is 131 cm³/mol. The Bertz CT molecular complexity index is 1160. The molecule has 0 saturated carbocycles. The summed E-state index contributed by atoms with van der Waals surface area (Å²) in [5.41, 5.74) is 3.57. The molecule has 0 aromatic heterocycles. The Labute approximate surface area is 219 Å². The first kappa shape index (κ1) is 28.1. The number of benzene rings is 2. The van der Waals surface area contributed by atoms with Crippen LogP contribution in [0.15, 0.2) is 42.5 Å². The zero-order valence-corrected chi connectivity index (χ0v) is 21.9. The van der Waals surface area contributed by atoms with Crippen LogP contribution in [-0.2, 0) is 49.3 Å². The molecule has 198 valence electrons. The molecule has 0 bridgehead atoms. The molecule has 9 nitrogen and oxygen atoms in total. The van der Waals surface area contributed by atoms with Gasteiger partial charge < -0.3 is 23.7 Å². The van der Waals surface area contributed by atoms with E-state index >= 15 is 0 Å². The van der Waals surface area contributed by atoms with Gasteiger partial charge in [0.05, 0.1) is 0 Å². The van der Waals surface area contributed by atoms with Crippen molar-refractivity contribution in [3.63, 3.8) is 0 Å². The smallest absolute Gasteiger partial charge is 0.305 e. The molecule has 2 aromatic rings. The average Bonchev–Trinajstić information content (AvgIpc) is 2.79. The van der Waals surface area contributed by atoms with Crippen LogP contribution < -0.4 is 0 Å². The van der Waals surface area contributed by atoms with Gasteiger partial charge in [-0.05, 0) is 47.7 Å². The summed E-state index contributed by atoms with van der Waals surface area (Å²) in [6, 6.07) is 13.0. The van der Waals surface area contributed by atoms with Crippen molar-refractivity contribution in [2.45, 2.75) is 71.7 Å². The maximum Gasteiger partial charge on any atom is 0.305 e. The first-order valence-electron chi connectivity index (χ1n) is 11.6. The molecule has 0 N–H and O–H groups in total. The number of ether oxygens (including phenoxy) is 5. The molecule has 37 heavy (non-hydrogen) atoms. The van der Waals surface area contributed by atoms with E-state index in [1.54, 1.807) is 18.2 Å². The number of rotatable bonds is 7. The summed E-state index contributed by atoms with van der Waals surface area (Å²) >= 11 is 6.01. The van der Waals surface area contributed by atoms with Crippen molar-refractivity contribution in [3.8, 4) is 0 Å². The second-order valence-corrected chi connectivity index (χ2v) is 9.18. The zero-order chi connectivity index (χ0) is 27.3. The summed E-state index contributed by atoms with van der Waals surface area (Å²) in [7, 11) is 0. The first-order chi connectivity index (χ1) is 17.4. The van der Waals surface area contributed by atoms with Crippen molar-refractivity contribution in [1.29, 1.82) is 0 Å². The van der Waals surface area contributed by atoms with Gasteiger partial charge in [0.2, 0.25) is 12.4 Å². The van der Waals surface area contributed by atoms with E-state index in [0.29, 0.717) is 17.0 Å². The molecule has 0 amide bonds. The van der Waals surface area contributed by atoms with Crippen LogP contribution in [0.2, 0.25) is 5.02 Å². The van der Waals surface area contributed by atoms with Crippen molar-refractivity contribution in [1.82, 2.24) is 0 Å². The molecule has 0 unspecified atom stereocenters. The normalized spacial score (nSPS) is 23.0. The third kappa shape index (κ3) is 7.53. The number of carbonyl (C=O) groups excluding carboxylic acids is 4. The molecular weight excluding hydrogens is 504 g/mol. The van der Waals surface area contributed by atoms with Crippen LogP contribution in [0.3, 0.4) is 0 Å². The lowest BCUT2D eigenvalue weighted by Crippen LogP contribution is -2.59. The fourth-order valence-electron chi connectivity index (χ4n) is 4.18. The number of aryl methyl sites for hydroxylation is 1. The largest absolute Gasteiger partial charge is 0.455 e. The maximum atomic E-state index is 12.1. The molecule has 5 atom stereocenters. The lowest BCUT2D eigenvalue weighted by molar-refractivity contribution is -0.298. The van der Waals surface area contributed by atoms with Crippen LogP contribution in [0.25, 0.3) is 0 Å². The molecule has 0 radical (unpaired) electrons. The zero-order valence-electron chi connectivity index (χ0n) is 21.2. The van der Waals surface area contributed by atoms with E-state index in [9.17, 15) is 19.2 Å². The van der Waals surface area contributed by atoms with Gasteiger partial charge in [-0.3, -0.25) is 19.2 Å². The minimum Gasteiger partial charge on any atom is -0.455 e. The van der Waals surface area contributed by atoms with Crippen molar-refractivity contribution in [2.24, 2.45) is 0 Å². The summed E-state index contributed by atoms with van der Waals surface area (Å²) in [6.07, 6.45) is -5.75. The van der Waals surface area contributed by atoms with E-state index in [1.165, 1.54) is 6.92 Å². The lowest BCUT2D eigenvalue weighted by Gasteiger charge is -2.44. The van der Waals surface area contributed by atoms with Crippen molar-refractivity contribution < 1.29 is 42.9 Å². The number of hydrogen-bond donors (Lipinski definition) is 0. The van der Waals surface area contributed by atoms with E-state index < -0.39 is 54.6 Å². The Balaban J connectivity index is 2.07. The highest BCUT2D eigenvalue weighted by molar-refractivity contribution is 6.30. The summed E-state index contributed by atoms with van der Waals surface area (Å²) in [6.45, 7) is 6.63. The van der Waals surface area contributed by atoms with E-state index in [4.69, 9.17) is 35.3 Å². The number of carbonyl (C=O) groups is 4. The van der Waals surface area contributed by atoms with Gasteiger partial charge in [-0.15, -0.1) is 0 Å². The first-order valence-corrected chi connectivity index (χ1v) is 12.0. The van der Waals surface area contributed by atoms with Crippen LogP contribution in [0.4, 0.5) is 0 Å². The van der Waals surface area contributed by atoms with Crippen LogP contribution in [-0.4, -0.2) is 48.5 Å². The van der Waals surface area contributed by atoms with E-state index in [0.717, 1.165) is 37.5 Å². The van der Waals surface area contributed by atoms with Gasteiger partial charge >= 0.3 is 23.9 Å². The van der Waals surface area contributed by atoms with E-state index in [2.05, 4.69) is 0 Å². The van der Waals surface area contributed by atoms with Gasteiger partial charge in [0.25, 0.3) is 0 Å². The molecule has 1 saturated heterocycles. The standard InChI is InChI=1S/C27H29ClO9/c1-14-6-9-20(13-21(14)12-19-7-10-22(28)11-8-19)23-24(33-15(2)29)25(34-16(3)30)26(35-17(4)31)27(37-23)36-18(5)32/h6-11,13,23-27H,12H2,1-5H3/t23-,24-,25+,26-,27-/m0/s1. The van der Waals surface area contributed by atoms with Crippen LogP contribution >= 0.6 is 11.6 Å². The minimum absolute atomic E-state index is 0.580. The quantitative estimate of drug-likeness (QED) is 0.385. The highest BCUT2D eigenvalue weighted by Crippen LogP contribution is 2.38. The van der Waals surface area contributed by atoms with Gasteiger partial charge in [-0.1, -0.05) is 41.9 Å². The average molecular weight is 533 g/mol. The molecule has 1 aliphatic rings. The predicted octanol–water partition coefficient (Wildman–Crippen LogP) is 3.99. The van der Waals surface area contributed by atoms with Crippen LogP contribution in [0, 0.1) is 6.92 Å². The highest BCUT2D eigenvalue weighted by atomic mass is 35.5. The second-order valence-electron chi connectivity index (χ2n) is 8.75. The maximum absolute atomic E-state index is 12.1. The monoisotopic (exact) mass is 532 g/mol. The van der Waals surface area contributed by atoms with Crippen LogP contribution in [0.1, 0.15) is 56.1 Å². The summed E-state index contributed by atoms with van der Waals surface area (Å²) in [4.78, 5) is 47.8. The third-order valence-corrected chi connectivity index (χ3v) is 5.94. The Hall–Kier alpha value is -3.43. The molecule has 0 spiro atoms.